The van der Waals surface area contributed by atoms with Crippen molar-refractivity contribution in [1.82, 2.24) is 0 Å². The van der Waals surface area contributed by atoms with E-state index in [-0.39, 0.29) is 709 Å². The van der Waals surface area contributed by atoms with E-state index in [0.29, 0.717) is 0 Å². The van der Waals surface area contributed by atoms with E-state index in [4.69, 9.17) is 180 Å². The predicted molar refractivity (Wildman–Crippen MR) is 64.8 cm³/mol. The van der Waals surface area contributed by atoms with Gasteiger partial charge >= 0.3 is 709 Å². The van der Waals surface area contributed by atoms with Crippen LogP contribution in [0.3, 0.4) is 0 Å². The predicted octanol–water partition coefficient (Wildman–Crippen LogP) is -101. The smallest absolute Gasteiger partial charge is 0.652 e. The van der Waals surface area contributed by atoms with Gasteiger partial charge in [-0.3, -0.25) is 0 Å². The maximum absolute atomic E-state index is 8.33. The molecule has 0 aromatic heterocycles. The first-order valence-electron chi connectivity index (χ1n) is 7.35. The molecule has 0 aromatic rings. The standard InChI is InChI=1S/12CH2O3.24Na/c12*2-1(3)4;;;;;;;;;;;;;;;;;;;;;;;;/h12*(H2,2,3,4);;;;;;;;;;;;;;;;;;;;;;;;/q;;;;;;;;;;;;24*+1/p-24. The molecule has 36 nitrogen and oxygen atoms in total. The Hall–Kier alpha value is 15.2. The van der Waals surface area contributed by atoms with E-state index in [1.54, 1.807) is 0 Å². The summed E-state index contributed by atoms with van der Waals surface area (Å²) in [4.78, 5) is 100. The van der Waals surface area contributed by atoms with Crippen LogP contribution in [0, 0.1) is 0 Å². The van der Waals surface area contributed by atoms with Gasteiger partial charge in [0.1, 0.15) is 0 Å². The first-order valence-corrected chi connectivity index (χ1v) is 7.35. The monoisotopic (exact) mass is 1270 g/mol. The third-order valence-electron chi connectivity index (χ3n) is 0. The molecule has 0 amide bonds. The first kappa shape index (κ1) is 247. The second-order valence-corrected chi connectivity index (χ2v) is 3.00. The quantitative estimate of drug-likeness (QED) is 0.203. The Balaban J connectivity index is -0.00000000561. The Kier molecular flexibility index (Phi) is 819. The second-order valence-electron chi connectivity index (χ2n) is 3.00. The summed E-state index contributed by atoms with van der Waals surface area (Å²) >= 11 is 0. The van der Waals surface area contributed by atoms with Gasteiger partial charge in [-0.05, 0) is 73.9 Å². The molecule has 0 aliphatic rings. The summed E-state index contributed by atoms with van der Waals surface area (Å²) < 4.78 is 0. The van der Waals surface area contributed by atoms with E-state index < -0.39 is 73.9 Å². The van der Waals surface area contributed by atoms with Crippen LogP contribution in [0.25, 0.3) is 0 Å². The molecule has 0 spiro atoms. The molecule has 0 fully saturated rings. The van der Waals surface area contributed by atoms with Gasteiger partial charge in [0.05, 0.1) is 0 Å². The van der Waals surface area contributed by atoms with Crippen LogP contribution in [-0.4, -0.2) is 73.9 Å². The van der Waals surface area contributed by atoms with Crippen LogP contribution in [0.1, 0.15) is 0 Å². The summed E-state index contributed by atoms with van der Waals surface area (Å²) in [5, 5.41) is 200. The third kappa shape index (κ3) is 2600. The van der Waals surface area contributed by atoms with E-state index in [1.165, 1.54) is 0 Å². The fraction of sp³-hybridized carbons (Fsp3) is 0. The molecule has 0 saturated heterocycles. The van der Waals surface area contributed by atoms with Gasteiger partial charge in [0.25, 0.3) is 0 Å². The van der Waals surface area contributed by atoms with Crippen molar-refractivity contribution in [2.75, 3.05) is 0 Å². The Morgan fingerprint density at radius 3 is 0.0972 bits per heavy atom. The summed E-state index contributed by atoms with van der Waals surface area (Å²) in [5.41, 5.74) is 0. The molecule has 0 rings (SSSR count). The van der Waals surface area contributed by atoms with E-state index in [1.807, 2.05) is 0 Å². The number of carboxylic acid groups (broad SMARTS) is 24. The van der Waals surface area contributed by atoms with Gasteiger partial charge in [-0.15, -0.1) is 0 Å². The normalized spacial score (nSPS) is 4.00. The van der Waals surface area contributed by atoms with Crippen molar-refractivity contribution in [2.45, 2.75) is 0 Å². The molecule has 0 aromatic carbocycles. The first-order chi connectivity index (χ1) is 20.8. The van der Waals surface area contributed by atoms with Gasteiger partial charge in [0.15, 0.2) is 0 Å². The van der Waals surface area contributed by atoms with Crippen molar-refractivity contribution in [1.29, 1.82) is 0 Å². The summed E-state index contributed by atoms with van der Waals surface area (Å²) in [6, 6.07) is 0. The molecule has 0 atom stereocenters. The SMILES string of the molecule is O=C([O-])[O-].O=C([O-])[O-].O=C([O-])[O-].O=C([O-])[O-].O=C([O-])[O-].O=C([O-])[O-].O=C([O-])[O-].O=C([O-])[O-].O=C([O-])[O-].O=C([O-])[O-].O=C([O-])[O-].O=C([O-])[O-].[Na+].[Na+].[Na+].[Na+].[Na+].[Na+].[Na+].[Na+].[Na+].[Na+].[Na+].[Na+].[Na+].[Na+].[Na+].[Na+].[Na+].[Na+].[Na+].[Na+].[Na+].[Na+].[Na+].[Na+]. The van der Waals surface area contributed by atoms with Crippen molar-refractivity contribution >= 4 is 73.9 Å². The molecule has 0 aliphatic carbocycles. The maximum Gasteiger partial charge on any atom is 1.00 e. The van der Waals surface area contributed by atoms with Crippen molar-refractivity contribution < 1.29 is 889 Å². The van der Waals surface area contributed by atoms with Crippen LogP contribution < -0.4 is 832 Å². The van der Waals surface area contributed by atoms with Crippen LogP contribution in [0.4, 0.5) is 57.5 Å². The molecule has 60 heteroatoms. The van der Waals surface area contributed by atoms with Crippen LogP contribution >= 0.6 is 0 Å². The maximum atomic E-state index is 8.33. The minimum atomic E-state index is -2.33. The number of hydrogen-bond donors (Lipinski definition) is 0. The summed E-state index contributed by atoms with van der Waals surface area (Å²) in [6.07, 6.45) is -28.0. The van der Waals surface area contributed by atoms with Crippen LogP contribution in [-0.2, 0) is 0 Å². The minimum absolute atomic E-state index is 0. The Labute approximate surface area is 937 Å². The second kappa shape index (κ2) is 239. The molecular formula is C12Na24O36. The van der Waals surface area contributed by atoms with Gasteiger partial charge in [-0.1, -0.05) is 0 Å². The Morgan fingerprint density at radius 1 is 0.0972 bits per heavy atom. The van der Waals surface area contributed by atoms with Crippen molar-refractivity contribution in [2.24, 2.45) is 0 Å². The molecule has 0 N–H and O–H groups in total. The fourth-order valence-electron chi connectivity index (χ4n) is 0. The zero-order valence-electron chi connectivity index (χ0n) is 44.7. The van der Waals surface area contributed by atoms with Gasteiger partial charge in [-0.25, -0.2) is 0 Å². The minimum Gasteiger partial charge on any atom is -0.652 e. The van der Waals surface area contributed by atoms with Crippen molar-refractivity contribution in [3.05, 3.63) is 0 Å². The Morgan fingerprint density at radius 2 is 0.0972 bits per heavy atom. The molecule has 0 saturated carbocycles. The number of carbonyl (C=O) groups excluding carboxylic acids is 12. The molecule has 0 heterocycles. The van der Waals surface area contributed by atoms with Gasteiger partial charge in [0.2, 0.25) is 0 Å². The van der Waals surface area contributed by atoms with Crippen molar-refractivity contribution in [3.8, 4) is 0 Å². The number of hydrogen-bond acceptors (Lipinski definition) is 36. The molecule has 0 bridgehead atoms. The van der Waals surface area contributed by atoms with Crippen molar-refractivity contribution in [3.63, 3.8) is 0 Å². The third-order valence-corrected chi connectivity index (χ3v) is 0. The summed E-state index contributed by atoms with van der Waals surface area (Å²) in [6.45, 7) is 0. The fourth-order valence-corrected chi connectivity index (χ4v) is 0. The molecule has 288 valence electrons. The molecule has 0 aliphatic heterocycles. The number of carbonyl (C=O) groups is 12. The molecule has 0 unspecified atom stereocenters. The van der Waals surface area contributed by atoms with Crippen LogP contribution in [0.2, 0.25) is 0 Å². The van der Waals surface area contributed by atoms with Gasteiger partial charge < -0.3 is 180 Å². The van der Waals surface area contributed by atoms with Gasteiger partial charge in [-0.2, -0.15) is 0 Å². The zero-order chi connectivity index (χ0) is 42.9. The Bertz CT molecular complexity index is 639. The summed E-state index contributed by atoms with van der Waals surface area (Å²) in [7, 11) is 0. The largest absolute Gasteiger partial charge is 1.00 e. The molecular weight excluding hydrogens is 1270 g/mol. The summed E-state index contributed by atoms with van der Waals surface area (Å²) in [5.74, 6) is 0. The van der Waals surface area contributed by atoms with Crippen LogP contribution in [0.5, 0.6) is 0 Å². The average molecular weight is 1270 g/mol. The van der Waals surface area contributed by atoms with Crippen LogP contribution in [0.15, 0.2) is 0 Å². The van der Waals surface area contributed by atoms with E-state index in [2.05, 4.69) is 0 Å². The number of rotatable bonds is 0. The average Bonchev–Trinajstić information content (AvgIpc) is 2.61. The zero-order valence-corrected chi connectivity index (χ0v) is 92.7. The topological polar surface area (TPSA) is 758 Å². The van der Waals surface area contributed by atoms with E-state index in [9.17, 15) is 0 Å². The molecule has 0 radical (unpaired) electrons. The van der Waals surface area contributed by atoms with Gasteiger partial charge in [0, 0.05) is 0 Å². The molecule has 72 heavy (non-hydrogen) atoms. The van der Waals surface area contributed by atoms with E-state index >= 15 is 0 Å². The van der Waals surface area contributed by atoms with E-state index in [0.717, 1.165) is 0 Å².